The van der Waals surface area contributed by atoms with Crippen molar-refractivity contribution < 1.29 is 48.3 Å². The largest absolute Gasteiger partial charge is 0.480 e. The highest BCUT2D eigenvalue weighted by molar-refractivity contribution is 7.98. The van der Waals surface area contributed by atoms with Crippen LogP contribution in [0.15, 0.2) is 4.99 Å². The lowest BCUT2D eigenvalue weighted by molar-refractivity contribution is -0.143. The van der Waals surface area contributed by atoms with E-state index in [2.05, 4.69) is 42.2 Å². The molecule has 0 aliphatic carbocycles. The second kappa shape index (κ2) is 33.3. The van der Waals surface area contributed by atoms with Crippen molar-refractivity contribution in [2.45, 2.75) is 154 Å². The molecule has 0 aliphatic rings. The number of aliphatic imine (C=N–C) groups is 1. The van der Waals surface area contributed by atoms with E-state index in [0.717, 1.165) is 0 Å². The molecule has 8 amide bonds. The molecule has 0 aromatic heterocycles. The highest BCUT2D eigenvalue weighted by atomic mass is 32.2. The Morgan fingerprint density at radius 1 is 0.621 bits per heavy atom. The van der Waals surface area contributed by atoms with Crippen molar-refractivity contribution in [1.82, 2.24) is 37.2 Å². The Morgan fingerprint density at radius 3 is 1.62 bits per heavy atom. The number of carbonyl (C=O) groups excluding carboxylic acids is 8. The van der Waals surface area contributed by atoms with Gasteiger partial charge in [-0.1, -0.05) is 48.0 Å². The van der Waals surface area contributed by atoms with Crippen LogP contribution >= 0.6 is 11.8 Å². The summed E-state index contributed by atoms with van der Waals surface area (Å²) in [5, 5.41) is 27.9. The summed E-state index contributed by atoms with van der Waals surface area (Å²) in [4.78, 5) is 122. The summed E-state index contributed by atoms with van der Waals surface area (Å²) in [6.07, 6.45) is 3.41. The predicted molar refractivity (Wildman–Crippen MR) is 253 cm³/mol. The Balaban J connectivity index is 6.58. The van der Waals surface area contributed by atoms with Gasteiger partial charge >= 0.3 is 5.97 Å². The molecule has 0 bridgehead atoms. The fourth-order valence-electron chi connectivity index (χ4n) is 6.44. The third kappa shape index (κ3) is 26.1. The Hall–Kier alpha value is -5.23. The molecule has 0 heterocycles. The minimum atomic E-state index is -1.43. The fourth-order valence-corrected chi connectivity index (χ4v) is 6.93. The lowest BCUT2D eigenvalue weighted by Gasteiger charge is -2.30. The second-order valence-electron chi connectivity index (χ2n) is 17.2. The molecule has 0 unspecified atom stereocenters. The first kappa shape index (κ1) is 60.8. The molecule has 0 saturated carbocycles. The van der Waals surface area contributed by atoms with E-state index in [4.69, 9.17) is 28.7 Å². The van der Waals surface area contributed by atoms with Gasteiger partial charge in [-0.25, -0.2) is 4.79 Å². The molecule has 378 valence electrons. The van der Waals surface area contributed by atoms with Crippen LogP contribution in [0.25, 0.3) is 0 Å². The maximum Gasteiger partial charge on any atom is 0.326 e. The number of hydrogen-bond acceptors (Lipinski definition) is 13. The number of nitrogens with one attached hydrogen (secondary N) is 7. The minimum absolute atomic E-state index is 0.0538. The molecule has 66 heavy (non-hydrogen) atoms. The first-order chi connectivity index (χ1) is 31.0. The van der Waals surface area contributed by atoms with Gasteiger partial charge < -0.3 is 71.0 Å². The van der Waals surface area contributed by atoms with Gasteiger partial charge in [-0.05, 0) is 94.1 Å². The number of aliphatic carboxylic acids is 1. The zero-order valence-electron chi connectivity index (χ0n) is 39.7. The van der Waals surface area contributed by atoms with Crippen molar-refractivity contribution in [3.63, 3.8) is 0 Å². The highest BCUT2D eigenvalue weighted by Crippen LogP contribution is 2.14. The van der Waals surface area contributed by atoms with Gasteiger partial charge in [0.1, 0.15) is 36.3 Å². The zero-order chi connectivity index (χ0) is 50.5. The zero-order valence-corrected chi connectivity index (χ0v) is 40.6. The van der Waals surface area contributed by atoms with E-state index in [1.54, 1.807) is 27.7 Å². The number of thioether (sulfide) groups is 1. The van der Waals surface area contributed by atoms with E-state index in [0.29, 0.717) is 38.0 Å². The van der Waals surface area contributed by atoms with Crippen LogP contribution in [0, 0.1) is 17.8 Å². The minimum Gasteiger partial charge on any atom is -0.480 e. The topological polar surface area (TPSA) is 401 Å². The van der Waals surface area contributed by atoms with Crippen LogP contribution in [0.5, 0.6) is 0 Å². The monoisotopic (exact) mass is 958 g/mol. The van der Waals surface area contributed by atoms with E-state index in [-0.39, 0.29) is 69.3 Å². The average Bonchev–Trinajstić information content (AvgIpc) is 3.24. The van der Waals surface area contributed by atoms with Crippen molar-refractivity contribution in [2.24, 2.45) is 51.4 Å². The third-order valence-electron chi connectivity index (χ3n) is 10.3. The summed E-state index contributed by atoms with van der Waals surface area (Å²) in [5.41, 5.74) is 27.9. The summed E-state index contributed by atoms with van der Waals surface area (Å²) < 4.78 is 0. The molecule has 0 aliphatic heterocycles. The molecule has 23 nitrogen and oxygen atoms in total. The van der Waals surface area contributed by atoms with Crippen LogP contribution in [0.3, 0.4) is 0 Å². The maximum atomic E-state index is 14.2. The number of carboxylic acids is 1. The van der Waals surface area contributed by atoms with Gasteiger partial charge in [0, 0.05) is 13.0 Å². The van der Waals surface area contributed by atoms with E-state index >= 15 is 0 Å². The van der Waals surface area contributed by atoms with Crippen molar-refractivity contribution in [2.75, 3.05) is 31.6 Å². The van der Waals surface area contributed by atoms with Gasteiger partial charge in [-0.2, -0.15) is 11.8 Å². The quantitative estimate of drug-likeness (QED) is 0.0182. The molecule has 8 atom stereocenters. The number of amides is 8. The fraction of sp³-hybridized carbons (Fsp3) is 0.762. The number of carboxylic acid groups (broad SMARTS) is 1. The molecular formula is C42H79N13O10S. The van der Waals surface area contributed by atoms with Crippen molar-refractivity contribution in [3.8, 4) is 0 Å². The molecule has 24 heteroatoms. The van der Waals surface area contributed by atoms with E-state index < -0.39 is 108 Å². The summed E-state index contributed by atoms with van der Waals surface area (Å²) in [7, 11) is 0. The van der Waals surface area contributed by atoms with Crippen LogP contribution in [0.2, 0.25) is 0 Å². The molecule has 0 spiro atoms. The van der Waals surface area contributed by atoms with Gasteiger partial charge in [0.15, 0.2) is 5.96 Å². The first-order valence-electron chi connectivity index (χ1n) is 22.6. The summed E-state index contributed by atoms with van der Waals surface area (Å²) >= 11 is 1.52. The van der Waals surface area contributed by atoms with Gasteiger partial charge in [0.2, 0.25) is 47.3 Å². The summed E-state index contributed by atoms with van der Waals surface area (Å²) in [5.74, 6) is -7.48. The number of nitrogens with zero attached hydrogens (tertiary/aromatic N) is 1. The Labute approximate surface area is 393 Å². The number of nitrogens with two attached hydrogens (primary N) is 5. The Bertz CT molecular complexity index is 1620. The number of primary amides is 1. The molecule has 0 saturated heterocycles. The summed E-state index contributed by atoms with van der Waals surface area (Å²) in [6.45, 7) is 10.6. The molecular weight excluding hydrogens is 879 g/mol. The van der Waals surface area contributed by atoms with Gasteiger partial charge in [0.25, 0.3) is 0 Å². The molecule has 18 N–H and O–H groups in total. The standard InChI is InChI=1S/C42H79N13O10S/c1-8-25(6)34(55-38(61)27(12-9-10-17-43)51-39(62)30(20-23(2)3)50-33(57)22-49-35(58)26(44)16-19-66-7)40(63)53-28(13-11-18-48-42(46)47)36(59)52-29(14-15-32(45)56)37(60)54-31(41(64)65)21-24(4)5/h23-31,34H,8-22,43-44H2,1-7H3,(H2,45,56)(H,49,58)(H,50,57)(H,51,62)(H,52,59)(H,53,63)(H,54,60)(H,55,61)(H,64,65)(H4,46,47,48)/t25-,26-,27-,28-,29-,30-,31-,34-/m0/s1. The first-order valence-corrected chi connectivity index (χ1v) is 24.0. The van der Waals surface area contributed by atoms with Crippen LogP contribution in [-0.4, -0.2) is 138 Å². The molecule has 0 rings (SSSR count). The van der Waals surface area contributed by atoms with Gasteiger partial charge in [-0.15, -0.1) is 0 Å². The second-order valence-corrected chi connectivity index (χ2v) is 18.2. The number of guanidine groups is 1. The smallest absolute Gasteiger partial charge is 0.326 e. The Morgan fingerprint density at radius 2 is 1.12 bits per heavy atom. The number of carbonyl (C=O) groups is 9. The van der Waals surface area contributed by atoms with E-state index in [1.807, 2.05) is 20.1 Å². The molecule has 0 aromatic carbocycles. The van der Waals surface area contributed by atoms with Crippen molar-refractivity contribution in [3.05, 3.63) is 0 Å². The lowest BCUT2D eigenvalue weighted by atomic mass is 9.96. The average molecular weight is 958 g/mol. The molecule has 0 fully saturated rings. The lowest BCUT2D eigenvalue weighted by Crippen LogP contribution is -2.60. The Kier molecular flexibility index (Phi) is 30.6. The van der Waals surface area contributed by atoms with Crippen LogP contribution in [0.1, 0.15) is 112 Å². The SMILES string of the molecule is CC[C@H](C)[C@H](NC(=O)[C@H](CCCCN)NC(=O)[C@H](CC(C)C)NC(=O)CNC(=O)[C@@H](N)CCSC)C(=O)N[C@@H](CCCN=C(N)N)C(=O)N[C@@H](CCC(N)=O)C(=O)N[C@@H](CC(C)C)C(=O)O. The van der Waals surface area contributed by atoms with Crippen molar-refractivity contribution >= 4 is 70.9 Å². The predicted octanol–water partition coefficient (Wildman–Crippen LogP) is -2.24. The number of hydrogen-bond donors (Lipinski definition) is 13. The van der Waals surface area contributed by atoms with Crippen LogP contribution < -0.4 is 65.9 Å². The van der Waals surface area contributed by atoms with E-state index in [9.17, 15) is 48.3 Å². The van der Waals surface area contributed by atoms with Crippen LogP contribution in [0.4, 0.5) is 0 Å². The third-order valence-corrected chi connectivity index (χ3v) is 11.0. The van der Waals surface area contributed by atoms with Gasteiger partial charge in [-0.3, -0.25) is 43.3 Å². The summed E-state index contributed by atoms with van der Waals surface area (Å²) in [6, 6.07) is -8.47. The van der Waals surface area contributed by atoms with Crippen molar-refractivity contribution in [1.29, 1.82) is 0 Å². The van der Waals surface area contributed by atoms with Gasteiger partial charge in [0.05, 0.1) is 12.6 Å². The normalized spacial score (nSPS) is 14.8. The van der Waals surface area contributed by atoms with E-state index in [1.165, 1.54) is 11.8 Å². The number of unbranched alkanes of at least 4 members (excludes halogenated alkanes) is 1. The number of rotatable bonds is 35. The molecule has 0 radical (unpaired) electrons. The highest BCUT2D eigenvalue weighted by Gasteiger charge is 2.35. The maximum absolute atomic E-state index is 14.2. The molecule has 0 aromatic rings. The van der Waals surface area contributed by atoms with Crippen LogP contribution in [-0.2, 0) is 43.2 Å².